The molecule has 1 N–H and O–H groups in total. The van der Waals surface area contributed by atoms with Crippen molar-refractivity contribution < 1.29 is 4.74 Å². The summed E-state index contributed by atoms with van der Waals surface area (Å²) < 4.78 is 5.34. The van der Waals surface area contributed by atoms with E-state index in [1.165, 1.54) is 25.9 Å². The standard InChI is InChI=1S/C9H19NO/c1-9(2,11-3)5-4-8-6-10-7-8/h8,10H,4-7H2,1-3H3. The van der Waals surface area contributed by atoms with Crippen LogP contribution in [0.1, 0.15) is 26.7 Å². The lowest BCUT2D eigenvalue weighted by molar-refractivity contribution is 0.00854. The maximum Gasteiger partial charge on any atom is 0.0622 e. The van der Waals surface area contributed by atoms with E-state index >= 15 is 0 Å². The molecule has 0 atom stereocenters. The first-order valence-corrected chi connectivity index (χ1v) is 4.40. The smallest absolute Gasteiger partial charge is 0.0622 e. The highest BCUT2D eigenvalue weighted by Gasteiger charge is 2.22. The van der Waals surface area contributed by atoms with E-state index in [1.807, 2.05) is 0 Å². The van der Waals surface area contributed by atoms with Crippen LogP contribution in [0, 0.1) is 5.92 Å². The highest BCUT2D eigenvalue weighted by atomic mass is 16.5. The Morgan fingerprint density at radius 1 is 1.45 bits per heavy atom. The van der Waals surface area contributed by atoms with Gasteiger partial charge in [0.1, 0.15) is 0 Å². The number of rotatable bonds is 4. The maximum atomic E-state index is 5.34. The third kappa shape index (κ3) is 2.80. The SMILES string of the molecule is COC(C)(C)CCC1CNC1. The Bertz CT molecular complexity index is 119. The third-order valence-corrected chi connectivity index (χ3v) is 2.57. The highest BCUT2D eigenvalue weighted by molar-refractivity contribution is 4.78. The summed E-state index contributed by atoms with van der Waals surface area (Å²) >= 11 is 0. The van der Waals surface area contributed by atoms with E-state index in [1.54, 1.807) is 7.11 Å². The van der Waals surface area contributed by atoms with Gasteiger partial charge in [-0.25, -0.2) is 0 Å². The van der Waals surface area contributed by atoms with Crippen molar-refractivity contribution in [1.82, 2.24) is 5.32 Å². The van der Waals surface area contributed by atoms with Gasteiger partial charge in [-0.2, -0.15) is 0 Å². The second-order valence-corrected chi connectivity index (χ2v) is 4.03. The van der Waals surface area contributed by atoms with Gasteiger partial charge in [0.25, 0.3) is 0 Å². The van der Waals surface area contributed by atoms with E-state index < -0.39 is 0 Å². The van der Waals surface area contributed by atoms with E-state index in [9.17, 15) is 0 Å². The molecular weight excluding hydrogens is 138 g/mol. The molecule has 1 rings (SSSR count). The summed E-state index contributed by atoms with van der Waals surface area (Å²) in [7, 11) is 1.79. The van der Waals surface area contributed by atoms with Gasteiger partial charge in [0.05, 0.1) is 5.60 Å². The van der Waals surface area contributed by atoms with Crippen LogP contribution >= 0.6 is 0 Å². The zero-order chi connectivity index (χ0) is 8.32. The normalized spacial score (nSPS) is 19.9. The summed E-state index contributed by atoms with van der Waals surface area (Å²) in [6.07, 6.45) is 2.48. The van der Waals surface area contributed by atoms with E-state index in [4.69, 9.17) is 4.74 Å². The van der Waals surface area contributed by atoms with E-state index in [2.05, 4.69) is 19.2 Å². The first-order valence-electron chi connectivity index (χ1n) is 4.40. The second-order valence-electron chi connectivity index (χ2n) is 4.03. The van der Waals surface area contributed by atoms with Crippen LogP contribution in [0.15, 0.2) is 0 Å². The molecule has 0 aliphatic carbocycles. The van der Waals surface area contributed by atoms with Crippen molar-refractivity contribution in [2.75, 3.05) is 20.2 Å². The molecule has 0 aromatic carbocycles. The fraction of sp³-hybridized carbons (Fsp3) is 1.00. The fourth-order valence-corrected chi connectivity index (χ4v) is 1.21. The summed E-state index contributed by atoms with van der Waals surface area (Å²) in [5.74, 6) is 0.907. The minimum Gasteiger partial charge on any atom is -0.379 e. The van der Waals surface area contributed by atoms with E-state index in [-0.39, 0.29) is 5.60 Å². The number of hydrogen-bond donors (Lipinski definition) is 1. The third-order valence-electron chi connectivity index (χ3n) is 2.57. The van der Waals surface area contributed by atoms with Crippen molar-refractivity contribution in [3.8, 4) is 0 Å². The molecule has 0 radical (unpaired) electrons. The van der Waals surface area contributed by atoms with Crippen molar-refractivity contribution in [1.29, 1.82) is 0 Å². The Labute approximate surface area is 69.3 Å². The Balaban J connectivity index is 2.09. The summed E-state index contributed by atoms with van der Waals surface area (Å²) in [4.78, 5) is 0. The Morgan fingerprint density at radius 2 is 2.09 bits per heavy atom. The lowest BCUT2D eigenvalue weighted by Crippen LogP contribution is -2.42. The molecular formula is C9H19NO. The van der Waals surface area contributed by atoms with Crippen LogP contribution in [0.25, 0.3) is 0 Å². The molecule has 0 unspecified atom stereocenters. The van der Waals surface area contributed by atoms with Crippen LogP contribution < -0.4 is 5.32 Å². The van der Waals surface area contributed by atoms with Crippen LogP contribution in [-0.2, 0) is 4.74 Å². The molecule has 0 amide bonds. The van der Waals surface area contributed by atoms with Crippen molar-refractivity contribution in [2.24, 2.45) is 5.92 Å². The van der Waals surface area contributed by atoms with Crippen LogP contribution in [-0.4, -0.2) is 25.8 Å². The summed E-state index contributed by atoms with van der Waals surface area (Å²) in [5, 5.41) is 3.27. The summed E-state index contributed by atoms with van der Waals surface area (Å²) in [5.41, 5.74) is 0.0790. The molecule has 2 nitrogen and oxygen atoms in total. The Morgan fingerprint density at radius 3 is 2.45 bits per heavy atom. The van der Waals surface area contributed by atoms with Gasteiger partial charge in [-0.15, -0.1) is 0 Å². The van der Waals surface area contributed by atoms with E-state index in [0.717, 1.165) is 5.92 Å². The van der Waals surface area contributed by atoms with Gasteiger partial charge in [-0.1, -0.05) is 0 Å². The van der Waals surface area contributed by atoms with Crippen molar-refractivity contribution in [3.05, 3.63) is 0 Å². The van der Waals surface area contributed by atoms with Gasteiger partial charge >= 0.3 is 0 Å². The van der Waals surface area contributed by atoms with Crippen molar-refractivity contribution in [2.45, 2.75) is 32.3 Å². The number of methoxy groups -OCH3 is 1. The zero-order valence-electron chi connectivity index (χ0n) is 7.81. The summed E-state index contributed by atoms with van der Waals surface area (Å²) in [6, 6.07) is 0. The largest absolute Gasteiger partial charge is 0.379 e. The molecule has 1 fully saturated rings. The number of ether oxygens (including phenoxy) is 1. The number of hydrogen-bond acceptors (Lipinski definition) is 2. The Hall–Kier alpha value is -0.0800. The van der Waals surface area contributed by atoms with Gasteiger partial charge in [-0.05, 0) is 45.7 Å². The predicted molar refractivity (Wildman–Crippen MR) is 46.7 cm³/mol. The van der Waals surface area contributed by atoms with Gasteiger partial charge in [0, 0.05) is 7.11 Å². The van der Waals surface area contributed by atoms with Crippen LogP contribution in [0.3, 0.4) is 0 Å². The molecule has 2 heteroatoms. The van der Waals surface area contributed by atoms with Crippen LogP contribution in [0.4, 0.5) is 0 Å². The van der Waals surface area contributed by atoms with Gasteiger partial charge in [-0.3, -0.25) is 0 Å². The first kappa shape index (κ1) is 9.01. The van der Waals surface area contributed by atoms with Crippen molar-refractivity contribution in [3.63, 3.8) is 0 Å². The van der Waals surface area contributed by atoms with Gasteiger partial charge in [0.15, 0.2) is 0 Å². The molecule has 1 aliphatic rings. The molecule has 0 aromatic heterocycles. The monoisotopic (exact) mass is 157 g/mol. The molecule has 11 heavy (non-hydrogen) atoms. The Kier molecular flexibility index (Phi) is 2.90. The average molecular weight is 157 g/mol. The average Bonchev–Trinajstić information content (AvgIpc) is 1.84. The van der Waals surface area contributed by atoms with Crippen LogP contribution in [0.5, 0.6) is 0 Å². The molecule has 0 spiro atoms. The fourth-order valence-electron chi connectivity index (χ4n) is 1.21. The zero-order valence-corrected chi connectivity index (χ0v) is 7.81. The second kappa shape index (κ2) is 3.55. The quantitative estimate of drug-likeness (QED) is 0.666. The lowest BCUT2D eigenvalue weighted by atomic mass is 9.91. The highest BCUT2D eigenvalue weighted by Crippen LogP contribution is 2.20. The van der Waals surface area contributed by atoms with Crippen molar-refractivity contribution >= 4 is 0 Å². The predicted octanol–water partition coefficient (Wildman–Crippen LogP) is 1.41. The molecule has 0 saturated carbocycles. The molecule has 66 valence electrons. The van der Waals surface area contributed by atoms with E-state index in [0.29, 0.717) is 0 Å². The minimum atomic E-state index is 0.0790. The lowest BCUT2D eigenvalue weighted by Gasteiger charge is -2.31. The molecule has 1 heterocycles. The minimum absolute atomic E-state index is 0.0790. The molecule has 1 saturated heterocycles. The topological polar surface area (TPSA) is 21.3 Å². The number of nitrogens with one attached hydrogen (secondary N) is 1. The molecule has 1 aliphatic heterocycles. The van der Waals surface area contributed by atoms with Crippen LogP contribution in [0.2, 0.25) is 0 Å². The first-order chi connectivity index (χ1) is 5.14. The molecule has 0 aromatic rings. The van der Waals surface area contributed by atoms with Gasteiger partial charge < -0.3 is 10.1 Å². The van der Waals surface area contributed by atoms with Gasteiger partial charge in [0.2, 0.25) is 0 Å². The maximum absolute atomic E-state index is 5.34. The summed E-state index contributed by atoms with van der Waals surface area (Å²) in [6.45, 7) is 6.72. The molecule has 0 bridgehead atoms.